The minimum atomic E-state index is -0.974. The largest absolute Gasteiger partial charge is 0.493 e. The van der Waals surface area contributed by atoms with Crippen LogP contribution in [0.25, 0.3) is 0 Å². The number of ether oxygens (including phenoxy) is 3. The van der Waals surface area contributed by atoms with Crippen LogP contribution in [0.1, 0.15) is 48.6 Å². The van der Waals surface area contributed by atoms with E-state index >= 15 is 0 Å². The molecule has 10 heteroatoms. The number of nitrogens with one attached hydrogen (secondary N) is 2. The van der Waals surface area contributed by atoms with E-state index in [1.807, 2.05) is 32.0 Å². The highest BCUT2D eigenvalue weighted by molar-refractivity contribution is 5.95. The summed E-state index contributed by atoms with van der Waals surface area (Å²) in [5, 5.41) is 17.3. The first-order valence-corrected chi connectivity index (χ1v) is 11.2. The van der Waals surface area contributed by atoms with Crippen molar-refractivity contribution in [3.63, 3.8) is 0 Å². The van der Waals surface area contributed by atoms with Crippen molar-refractivity contribution < 1.29 is 28.7 Å². The molecule has 1 aliphatic rings. The van der Waals surface area contributed by atoms with Crippen LogP contribution in [0, 0.1) is 24.0 Å². The van der Waals surface area contributed by atoms with Crippen molar-refractivity contribution in [3.05, 3.63) is 74.0 Å². The fourth-order valence-corrected chi connectivity index (χ4v) is 3.91. The molecule has 3 rings (SSSR count). The maximum atomic E-state index is 12.8. The van der Waals surface area contributed by atoms with Gasteiger partial charge in [-0.05, 0) is 49.9 Å². The zero-order chi connectivity index (χ0) is 25.7. The number of esters is 1. The molecule has 0 fully saturated rings. The first-order valence-electron chi connectivity index (χ1n) is 11.2. The number of nitro groups is 1. The van der Waals surface area contributed by atoms with Crippen molar-refractivity contribution >= 4 is 17.7 Å². The second kappa shape index (κ2) is 10.9. The Bertz CT molecular complexity index is 1190. The van der Waals surface area contributed by atoms with Crippen LogP contribution in [-0.2, 0) is 16.1 Å². The molecule has 0 bridgehead atoms. The Hall–Kier alpha value is -4.08. The van der Waals surface area contributed by atoms with Crippen LogP contribution in [0.4, 0.5) is 10.5 Å². The lowest BCUT2D eigenvalue weighted by atomic mass is 9.93. The molecule has 2 N–H and O–H groups in total. The molecule has 10 nitrogen and oxygen atoms in total. The van der Waals surface area contributed by atoms with E-state index in [2.05, 4.69) is 10.6 Å². The van der Waals surface area contributed by atoms with Gasteiger partial charge in [0, 0.05) is 11.8 Å². The number of allylic oxidation sites excluding steroid dienone is 1. The Kier molecular flexibility index (Phi) is 7.95. The Labute approximate surface area is 203 Å². The van der Waals surface area contributed by atoms with Crippen molar-refractivity contribution in [3.8, 4) is 11.5 Å². The topological polar surface area (TPSA) is 129 Å². The molecule has 0 saturated carbocycles. The van der Waals surface area contributed by atoms with Crippen molar-refractivity contribution in [2.45, 2.75) is 46.8 Å². The molecule has 0 radical (unpaired) electrons. The molecular weight excluding hydrogens is 454 g/mol. The van der Waals surface area contributed by atoms with Crippen LogP contribution < -0.4 is 20.1 Å². The van der Waals surface area contributed by atoms with Gasteiger partial charge in [-0.3, -0.25) is 10.1 Å². The highest BCUT2D eigenvalue weighted by Gasteiger charge is 2.35. The second-order valence-corrected chi connectivity index (χ2v) is 8.04. The molecule has 1 aliphatic heterocycles. The quantitative estimate of drug-likeness (QED) is 0.308. The maximum Gasteiger partial charge on any atom is 0.338 e. The molecule has 2 aromatic rings. The molecule has 0 spiro atoms. The number of rotatable bonds is 9. The maximum absolute atomic E-state index is 12.8. The smallest absolute Gasteiger partial charge is 0.338 e. The zero-order valence-corrected chi connectivity index (χ0v) is 20.4. The first-order chi connectivity index (χ1) is 16.7. The molecule has 1 unspecified atom stereocenters. The standard InChI is InChI=1S/C25H29N3O7/c1-6-18-21(24(29)34-7-2)22(27-25(30)26-18)16-11-19(28(31)32)23(20(12-16)33-5)35-13-17-10-14(3)8-9-15(17)4/h8-12,22H,6-7,13H2,1-5H3,(H2,26,27,30). The molecule has 186 valence electrons. The summed E-state index contributed by atoms with van der Waals surface area (Å²) in [6.07, 6.45) is 0.355. The number of methoxy groups -OCH3 is 1. The van der Waals surface area contributed by atoms with Gasteiger partial charge in [0.2, 0.25) is 5.75 Å². The van der Waals surface area contributed by atoms with Gasteiger partial charge in [0.1, 0.15) is 6.61 Å². The second-order valence-electron chi connectivity index (χ2n) is 8.04. The van der Waals surface area contributed by atoms with Gasteiger partial charge in [-0.1, -0.05) is 30.7 Å². The fraction of sp³-hybridized carbons (Fsp3) is 0.360. The molecule has 1 atom stereocenters. The van der Waals surface area contributed by atoms with Gasteiger partial charge in [0.25, 0.3) is 0 Å². The molecule has 0 aliphatic carbocycles. The lowest BCUT2D eigenvalue weighted by Gasteiger charge is -2.29. The van der Waals surface area contributed by atoms with Gasteiger partial charge in [-0.15, -0.1) is 0 Å². The average molecular weight is 484 g/mol. The summed E-state index contributed by atoms with van der Waals surface area (Å²) in [5.74, 6) is -0.563. The van der Waals surface area contributed by atoms with Crippen molar-refractivity contribution in [1.29, 1.82) is 0 Å². The summed E-state index contributed by atoms with van der Waals surface area (Å²) < 4.78 is 16.5. The van der Waals surface area contributed by atoms with Crippen LogP contribution >= 0.6 is 0 Å². The molecule has 0 aromatic heterocycles. The summed E-state index contributed by atoms with van der Waals surface area (Å²) in [6.45, 7) is 7.57. The van der Waals surface area contributed by atoms with Crippen LogP contribution in [0.5, 0.6) is 11.5 Å². The van der Waals surface area contributed by atoms with Gasteiger partial charge in [0.15, 0.2) is 5.75 Å². The van der Waals surface area contributed by atoms with E-state index in [-0.39, 0.29) is 41.5 Å². The fourth-order valence-electron chi connectivity index (χ4n) is 3.91. The average Bonchev–Trinajstić information content (AvgIpc) is 2.83. The number of amides is 2. The number of nitrogens with zero attached hydrogens (tertiary/aromatic N) is 1. The predicted molar refractivity (Wildman–Crippen MR) is 128 cm³/mol. The van der Waals surface area contributed by atoms with E-state index in [0.717, 1.165) is 16.7 Å². The molecule has 1 heterocycles. The van der Waals surface area contributed by atoms with Crippen LogP contribution in [0.2, 0.25) is 0 Å². The third kappa shape index (κ3) is 5.53. The predicted octanol–water partition coefficient (Wildman–Crippen LogP) is 4.38. The third-order valence-corrected chi connectivity index (χ3v) is 5.69. The lowest BCUT2D eigenvalue weighted by Crippen LogP contribution is -2.45. The number of carbonyl (C=O) groups excluding carboxylic acids is 2. The van der Waals surface area contributed by atoms with Crippen LogP contribution in [-0.4, -0.2) is 30.6 Å². The van der Waals surface area contributed by atoms with E-state index in [4.69, 9.17) is 14.2 Å². The monoisotopic (exact) mass is 483 g/mol. The molecule has 2 aromatic carbocycles. The number of aryl methyl sites for hydroxylation is 2. The highest BCUT2D eigenvalue weighted by Crippen LogP contribution is 2.42. The third-order valence-electron chi connectivity index (χ3n) is 5.69. The normalized spacial score (nSPS) is 15.2. The van der Waals surface area contributed by atoms with Crippen molar-refractivity contribution in [2.75, 3.05) is 13.7 Å². The van der Waals surface area contributed by atoms with Gasteiger partial charge in [-0.2, -0.15) is 0 Å². The summed E-state index contributed by atoms with van der Waals surface area (Å²) in [4.78, 5) is 36.5. The van der Waals surface area contributed by atoms with E-state index in [0.29, 0.717) is 12.1 Å². The minimum absolute atomic E-state index is 0.0419. The van der Waals surface area contributed by atoms with E-state index in [9.17, 15) is 19.7 Å². The van der Waals surface area contributed by atoms with Gasteiger partial charge in [0.05, 0.1) is 30.3 Å². The zero-order valence-electron chi connectivity index (χ0n) is 20.4. The Morgan fingerprint density at radius 2 is 1.91 bits per heavy atom. The molecule has 0 saturated heterocycles. The number of benzene rings is 2. The van der Waals surface area contributed by atoms with Crippen LogP contribution in [0.15, 0.2) is 41.6 Å². The lowest BCUT2D eigenvalue weighted by molar-refractivity contribution is -0.386. The number of hydrogen-bond donors (Lipinski definition) is 2. The van der Waals surface area contributed by atoms with E-state index in [1.165, 1.54) is 19.2 Å². The van der Waals surface area contributed by atoms with Gasteiger partial charge >= 0.3 is 17.7 Å². The Morgan fingerprint density at radius 3 is 2.54 bits per heavy atom. The van der Waals surface area contributed by atoms with Gasteiger partial charge < -0.3 is 24.8 Å². The minimum Gasteiger partial charge on any atom is -0.493 e. The number of nitro benzene ring substituents is 1. The molecular formula is C25H29N3O7. The van der Waals surface area contributed by atoms with E-state index in [1.54, 1.807) is 13.8 Å². The van der Waals surface area contributed by atoms with Crippen molar-refractivity contribution in [1.82, 2.24) is 10.6 Å². The first kappa shape index (κ1) is 25.5. The Balaban J connectivity index is 2.09. The summed E-state index contributed by atoms with van der Waals surface area (Å²) in [5.41, 5.74) is 3.41. The molecule has 35 heavy (non-hydrogen) atoms. The highest BCUT2D eigenvalue weighted by atomic mass is 16.6. The number of hydrogen-bond acceptors (Lipinski definition) is 7. The Morgan fingerprint density at radius 1 is 1.17 bits per heavy atom. The van der Waals surface area contributed by atoms with Crippen molar-refractivity contribution in [2.24, 2.45) is 0 Å². The number of urea groups is 1. The summed E-state index contributed by atoms with van der Waals surface area (Å²) >= 11 is 0. The van der Waals surface area contributed by atoms with E-state index < -0.39 is 23.0 Å². The SMILES string of the molecule is CCOC(=O)C1=C(CC)NC(=O)NC1c1cc(OC)c(OCc2cc(C)ccc2C)c([N+](=O)[O-])c1. The summed E-state index contributed by atoms with van der Waals surface area (Å²) in [7, 11) is 1.37. The van der Waals surface area contributed by atoms with Gasteiger partial charge in [-0.25, -0.2) is 9.59 Å². The van der Waals surface area contributed by atoms with Crippen LogP contribution in [0.3, 0.4) is 0 Å². The summed E-state index contributed by atoms with van der Waals surface area (Å²) in [6, 6.07) is 7.18. The number of carbonyl (C=O) groups is 2. The molecule has 2 amide bonds.